The third-order valence-electron chi connectivity index (χ3n) is 4.88. The Hall–Kier alpha value is -1.10. The van der Waals surface area contributed by atoms with Gasteiger partial charge in [-0.25, -0.2) is 0 Å². The topological polar surface area (TPSA) is 24.9 Å². The number of hydrogen-bond donors (Lipinski definition) is 0. The predicted molar refractivity (Wildman–Crippen MR) is 83.8 cm³/mol. The fraction of sp³-hybridized carbons (Fsp3) is 0.647. The molecule has 2 aliphatic heterocycles. The van der Waals surface area contributed by atoms with Crippen LogP contribution >= 0.6 is 0 Å². The molecule has 0 aliphatic carbocycles. The summed E-state index contributed by atoms with van der Waals surface area (Å²) in [5, 5.41) is 0. The molecule has 2 aliphatic rings. The molecule has 0 saturated carbocycles. The van der Waals surface area contributed by atoms with Gasteiger partial charge in [-0.3, -0.25) is 9.80 Å². The van der Waals surface area contributed by atoms with E-state index < -0.39 is 0 Å². The highest BCUT2D eigenvalue weighted by atomic mass is 16.5. The first-order valence-corrected chi connectivity index (χ1v) is 7.94. The van der Waals surface area contributed by atoms with Gasteiger partial charge in [0.15, 0.2) is 0 Å². The van der Waals surface area contributed by atoms with Crippen LogP contribution in [0.2, 0.25) is 0 Å². The monoisotopic (exact) mass is 290 g/mol. The highest BCUT2D eigenvalue weighted by Gasteiger charge is 2.31. The van der Waals surface area contributed by atoms with Crippen molar-refractivity contribution >= 4 is 0 Å². The number of piperazine rings is 1. The van der Waals surface area contributed by atoms with E-state index in [1.807, 2.05) is 6.07 Å². The number of ether oxygens (including phenoxy) is 2. The first-order chi connectivity index (χ1) is 10.3. The predicted octanol–water partition coefficient (Wildman–Crippen LogP) is 2.16. The summed E-state index contributed by atoms with van der Waals surface area (Å²) in [4.78, 5) is 5.10. The largest absolute Gasteiger partial charge is 0.496 e. The van der Waals surface area contributed by atoms with E-state index in [2.05, 4.69) is 35.0 Å². The highest BCUT2D eigenvalue weighted by Crippen LogP contribution is 2.32. The van der Waals surface area contributed by atoms with E-state index in [1.54, 1.807) is 7.11 Å². The van der Waals surface area contributed by atoms with Crippen molar-refractivity contribution in [2.24, 2.45) is 0 Å². The molecule has 1 aromatic rings. The number of rotatable bonds is 3. The Morgan fingerprint density at radius 1 is 1.14 bits per heavy atom. The maximum absolute atomic E-state index is 5.56. The molecule has 0 N–H and O–H groups in total. The summed E-state index contributed by atoms with van der Waals surface area (Å²) >= 11 is 0. The van der Waals surface area contributed by atoms with Crippen molar-refractivity contribution in [2.75, 3.05) is 47.0 Å². The average molecular weight is 290 g/mol. The van der Waals surface area contributed by atoms with Gasteiger partial charge in [0.1, 0.15) is 5.75 Å². The van der Waals surface area contributed by atoms with Gasteiger partial charge < -0.3 is 9.47 Å². The third kappa shape index (κ3) is 3.23. The molecule has 2 heterocycles. The summed E-state index contributed by atoms with van der Waals surface area (Å²) in [5.74, 6) is 1.00. The Labute approximate surface area is 127 Å². The normalized spacial score (nSPS) is 25.9. The van der Waals surface area contributed by atoms with Crippen molar-refractivity contribution < 1.29 is 9.47 Å². The fourth-order valence-electron chi connectivity index (χ4n) is 3.55. The summed E-state index contributed by atoms with van der Waals surface area (Å²) in [6.07, 6.45) is 2.34. The number of methoxy groups -OCH3 is 1. The Balaban J connectivity index is 1.76. The van der Waals surface area contributed by atoms with Crippen LogP contribution in [0.25, 0.3) is 0 Å². The van der Waals surface area contributed by atoms with Crippen LogP contribution in [-0.4, -0.2) is 62.8 Å². The molecule has 0 radical (unpaired) electrons. The van der Waals surface area contributed by atoms with E-state index >= 15 is 0 Å². The van der Waals surface area contributed by atoms with Gasteiger partial charge >= 0.3 is 0 Å². The van der Waals surface area contributed by atoms with Crippen LogP contribution in [0.15, 0.2) is 24.3 Å². The maximum atomic E-state index is 5.56. The van der Waals surface area contributed by atoms with E-state index in [1.165, 1.54) is 18.4 Å². The van der Waals surface area contributed by atoms with Crippen LogP contribution < -0.4 is 4.74 Å². The number of para-hydroxylation sites is 1. The highest BCUT2D eigenvalue weighted by molar-refractivity contribution is 5.36. The van der Waals surface area contributed by atoms with Crippen LogP contribution in [0.4, 0.5) is 0 Å². The maximum Gasteiger partial charge on any atom is 0.123 e. The molecule has 1 aromatic carbocycles. The zero-order valence-corrected chi connectivity index (χ0v) is 13.1. The van der Waals surface area contributed by atoms with Crippen molar-refractivity contribution in [2.45, 2.75) is 24.9 Å². The molecule has 0 aromatic heterocycles. The van der Waals surface area contributed by atoms with E-state index in [-0.39, 0.29) is 0 Å². The molecule has 21 heavy (non-hydrogen) atoms. The van der Waals surface area contributed by atoms with E-state index in [9.17, 15) is 0 Å². The first-order valence-electron chi connectivity index (χ1n) is 7.94. The van der Waals surface area contributed by atoms with Gasteiger partial charge in [-0.1, -0.05) is 18.2 Å². The SMILES string of the molecule is COc1ccccc1C1CN(C2CCOCC2)CCN1C. The number of hydrogen-bond acceptors (Lipinski definition) is 4. The lowest BCUT2D eigenvalue weighted by atomic mass is 9.98. The Morgan fingerprint density at radius 2 is 1.90 bits per heavy atom. The molecule has 116 valence electrons. The fourth-order valence-corrected chi connectivity index (χ4v) is 3.55. The van der Waals surface area contributed by atoms with E-state index in [0.717, 1.165) is 38.6 Å². The van der Waals surface area contributed by atoms with Gasteiger partial charge in [0.2, 0.25) is 0 Å². The number of benzene rings is 1. The van der Waals surface area contributed by atoms with Crippen LogP contribution in [0.5, 0.6) is 5.75 Å². The minimum atomic E-state index is 0.415. The second kappa shape index (κ2) is 6.77. The lowest BCUT2D eigenvalue weighted by Gasteiger charge is -2.44. The minimum Gasteiger partial charge on any atom is -0.496 e. The lowest BCUT2D eigenvalue weighted by Crippen LogP contribution is -2.51. The molecule has 0 spiro atoms. The van der Waals surface area contributed by atoms with Crippen LogP contribution in [0.1, 0.15) is 24.4 Å². The van der Waals surface area contributed by atoms with Gasteiger partial charge in [-0.15, -0.1) is 0 Å². The molecule has 4 heteroatoms. The third-order valence-corrected chi connectivity index (χ3v) is 4.88. The van der Waals surface area contributed by atoms with Crippen molar-refractivity contribution in [1.82, 2.24) is 9.80 Å². The van der Waals surface area contributed by atoms with Gasteiger partial charge in [0, 0.05) is 44.5 Å². The second-order valence-corrected chi connectivity index (χ2v) is 6.08. The lowest BCUT2D eigenvalue weighted by molar-refractivity contribution is 0.000648. The number of nitrogens with zero attached hydrogens (tertiary/aromatic N) is 2. The molecule has 1 unspecified atom stereocenters. The molecular weight excluding hydrogens is 264 g/mol. The first kappa shape index (κ1) is 14.8. The summed E-state index contributed by atoms with van der Waals surface area (Å²) in [6, 6.07) is 9.52. The van der Waals surface area contributed by atoms with Gasteiger partial charge in [0.25, 0.3) is 0 Å². The average Bonchev–Trinajstić information content (AvgIpc) is 2.56. The van der Waals surface area contributed by atoms with Crippen LogP contribution in [0.3, 0.4) is 0 Å². The second-order valence-electron chi connectivity index (χ2n) is 6.08. The van der Waals surface area contributed by atoms with Gasteiger partial charge in [-0.05, 0) is 26.0 Å². The standard InChI is InChI=1S/C17H26N2O2/c1-18-9-10-19(14-7-11-21-12-8-14)13-16(18)15-5-3-4-6-17(15)20-2/h3-6,14,16H,7-13H2,1-2H3. The molecule has 0 amide bonds. The van der Waals surface area contributed by atoms with Crippen LogP contribution in [-0.2, 0) is 4.74 Å². The molecule has 0 bridgehead atoms. The van der Waals surface area contributed by atoms with Gasteiger partial charge in [0.05, 0.1) is 13.2 Å². The number of likely N-dealkylation sites (N-methyl/N-ethyl adjacent to an activating group) is 1. The molecule has 2 fully saturated rings. The molecule has 1 atom stereocenters. The minimum absolute atomic E-state index is 0.415. The van der Waals surface area contributed by atoms with E-state index in [4.69, 9.17) is 9.47 Å². The summed E-state index contributed by atoms with van der Waals surface area (Å²) in [6.45, 7) is 5.18. The zero-order chi connectivity index (χ0) is 14.7. The Kier molecular flexibility index (Phi) is 4.78. The van der Waals surface area contributed by atoms with Gasteiger partial charge in [-0.2, -0.15) is 0 Å². The summed E-state index contributed by atoms with van der Waals surface area (Å²) in [7, 11) is 3.98. The molecule has 2 saturated heterocycles. The van der Waals surface area contributed by atoms with Crippen molar-refractivity contribution in [3.8, 4) is 5.75 Å². The smallest absolute Gasteiger partial charge is 0.123 e. The molecule has 4 nitrogen and oxygen atoms in total. The molecular formula is C17H26N2O2. The van der Waals surface area contributed by atoms with Crippen LogP contribution in [0, 0.1) is 0 Å². The zero-order valence-electron chi connectivity index (χ0n) is 13.1. The van der Waals surface area contributed by atoms with E-state index in [0.29, 0.717) is 12.1 Å². The van der Waals surface area contributed by atoms with Crippen molar-refractivity contribution in [3.05, 3.63) is 29.8 Å². The summed E-state index contributed by atoms with van der Waals surface area (Å²) in [5.41, 5.74) is 1.30. The van der Waals surface area contributed by atoms with Crippen molar-refractivity contribution in [3.63, 3.8) is 0 Å². The Morgan fingerprint density at radius 3 is 2.67 bits per heavy atom. The van der Waals surface area contributed by atoms with Crippen molar-refractivity contribution in [1.29, 1.82) is 0 Å². The molecule has 3 rings (SSSR count). The summed E-state index contributed by atoms with van der Waals surface area (Å²) < 4.78 is 11.1. The Bertz CT molecular complexity index is 460. The quantitative estimate of drug-likeness (QED) is 0.852.